The molecule has 0 saturated heterocycles. The van der Waals surface area contributed by atoms with Crippen LogP contribution in [-0.4, -0.2) is 27.5 Å². The third kappa shape index (κ3) is 6.06. The van der Waals surface area contributed by atoms with Crippen molar-refractivity contribution < 1.29 is 61.3 Å². The summed E-state index contributed by atoms with van der Waals surface area (Å²) in [5.41, 5.74) is 0. The van der Waals surface area contributed by atoms with E-state index in [0.29, 0.717) is 10.5 Å². The Bertz CT molecular complexity index is 251. The average molecular weight is 313 g/mol. The third-order valence-electron chi connectivity index (χ3n) is 3.71. The minimum absolute atomic E-state index is 0. The van der Waals surface area contributed by atoms with Gasteiger partial charge in [-0.1, -0.05) is 25.7 Å². The van der Waals surface area contributed by atoms with Crippen molar-refractivity contribution in [1.82, 2.24) is 0 Å². The largest absolute Gasteiger partial charge is 1.00 e. The zero-order valence-corrected chi connectivity index (χ0v) is 16.0. The van der Waals surface area contributed by atoms with E-state index in [9.17, 15) is 9.90 Å². The number of thioether (sulfide) groups is 2. The van der Waals surface area contributed by atoms with E-state index >= 15 is 0 Å². The van der Waals surface area contributed by atoms with Crippen LogP contribution in [0.4, 0.5) is 0 Å². The zero-order chi connectivity index (χ0) is 12.1. The molecule has 1 unspecified atom stereocenters. The Labute approximate surface area is 161 Å². The van der Waals surface area contributed by atoms with Gasteiger partial charge in [-0.25, -0.2) is 0 Å². The average Bonchev–Trinajstić information content (AvgIpc) is 2.97. The van der Waals surface area contributed by atoms with Gasteiger partial charge in [-0.05, 0) is 25.7 Å². The zero-order valence-electron chi connectivity index (χ0n) is 11.2. The molecule has 2 nitrogen and oxygen atoms in total. The van der Waals surface area contributed by atoms with E-state index in [1.165, 1.54) is 51.4 Å². The van der Waals surface area contributed by atoms with Crippen molar-refractivity contribution in [2.24, 2.45) is 0 Å². The van der Waals surface area contributed by atoms with Gasteiger partial charge >= 0.3 is 51.4 Å². The van der Waals surface area contributed by atoms with E-state index in [0.717, 1.165) is 5.75 Å². The number of carboxylic acid groups (broad SMARTS) is 1. The Morgan fingerprint density at radius 3 is 2.06 bits per heavy atom. The summed E-state index contributed by atoms with van der Waals surface area (Å²) in [5.74, 6) is -0.110. The number of carbonyl (C=O) groups excluding carboxylic acids is 1. The predicted molar refractivity (Wildman–Crippen MR) is 73.4 cm³/mol. The van der Waals surface area contributed by atoms with Gasteiger partial charge in [-0.3, -0.25) is 0 Å². The van der Waals surface area contributed by atoms with Crippen LogP contribution in [0.25, 0.3) is 0 Å². The van der Waals surface area contributed by atoms with Crippen molar-refractivity contribution in [2.45, 2.75) is 67.1 Å². The second-order valence-electron chi connectivity index (χ2n) is 5.09. The van der Waals surface area contributed by atoms with E-state index in [1.807, 2.05) is 11.8 Å². The van der Waals surface area contributed by atoms with Crippen molar-refractivity contribution >= 4 is 29.5 Å². The van der Waals surface area contributed by atoms with E-state index < -0.39 is 5.97 Å². The molecule has 2 aliphatic carbocycles. The van der Waals surface area contributed by atoms with Crippen molar-refractivity contribution in [3.8, 4) is 0 Å². The molecule has 0 amide bonds. The van der Waals surface area contributed by atoms with Crippen molar-refractivity contribution in [3.63, 3.8) is 0 Å². The Morgan fingerprint density at radius 1 is 1.06 bits per heavy atom. The molecule has 0 aromatic rings. The first-order valence-electron chi connectivity index (χ1n) is 6.73. The van der Waals surface area contributed by atoms with Crippen LogP contribution >= 0.6 is 23.5 Å². The smallest absolute Gasteiger partial charge is 0.549 e. The molecule has 2 rings (SSSR count). The van der Waals surface area contributed by atoms with Crippen LogP contribution < -0.4 is 56.5 Å². The van der Waals surface area contributed by atoms with Crippen LogP contribution in [0.5, 0.6) is 0 Å². The number of rotatable bonds is 6. The summed E-state index contributed by atoms with van der Waals surface area (Å²) in [7, 11) is 0. The summed E-state index contributed by atoms with van der Waals surface area (Å²) in [5, 5.41) is 12.1. The van der Waals surface area contributed by atoms with Gasteiger partial charge in [0.25, 0.3) is 0 Å². The molecule has 18 heavy (non-hydrogen) atoms. The number of hydrogen-bond donors (Lipinski definition) is 0. The Balaban J connectivity index is 0.00000162. The fourth-order valence-electron chi connectivity index (χ4n) is 2.70. The number of hydrogen-bond acceptors (Lipinski definition) is 4. The van der Waals surface area contributed by atoms with E-state index in [-0.39, 0.29) is 56.6 Å². The molecule has 2 aliphatic rings. The molecular formula is C13H21KO2S2. The van der Waals surface area contributed by atoms with Crippen molar-refractivity contribution in [3.05, 3.63) is 0 Å². The first-order valence-corrected chi connectivity index (χ1v) is 8.73. The summed E-state index contributed by atoms with van der Waals surface area (Å²) in [4.78, 5) is 11.1. The van der Waals surface area contributed by atoms with E-state index in [2.05, 4.69) is 0 Å². The summed E-state index contributed by atoms with van der Waals surface area (Å²) < 4.78 is 0. The normalized spacial score (nSPS) is 22.9. The molecule has 0 spiro atoms. The van der Waals surface area contributed by atoms with Gasteiger partial charge in [-0.2, -0.15) is 11.8 Å². The molecule has 1 atom stereocenters. The van der Waals surface area contributed by atoms with Crippen LogP contribution in [-0.2, 0) is 4.79 Å². The first-order chi connectivity index (χ1) is 8.25. The molecule has 0 N–H and O–H groups in total. The molecule has 0 aromatic carbocycles. The quantitative estimate of drug-likeness (QED) is 0.618. The standard InChI is InChI=1S/C13H22O2S2.K/c14-13(15)12(17-11-7-3-4-8-11)9-16-10-5-1-2-6-10;/h10-12H,1-9H2,(H,14,15);/q;+1/p-1. The van der Waals surface area contributed by atoms with Crippen molar-refractivity contribution in [2.75, 3.05) is 5.75 Å². The second kappa shape index (κ2) is 9.69. The molecule has 2 saturated carbocycles. The monoisotopic (exact) mass is 312 g/mol. The van der Waals surface area contributed by atoms with Gasteiger partial charge in [0.2, 0.25) is 0 Å². The van der Waals surface area contributed by atoms with E-state index in [1.54, 1.807) is 11.8 Å². The van der Waals surface area contributed by atoms with Crippen LogP contribution in [0.1, 0.15) is 51.4 Å². The second-order valence-corrected chi connectivity index (χ2v) is 7.93. The molecule has 0 aliphatic heterocycles. The maximum absolute atomic E-state index is 11.1. The maximum Gasteiger partial charge on any atom is 1.00 e. The predicted octanol–water partition coefficient (Wildman–Crippen LogP) is -0.539. The van der Waals surface area contributed by atoms with Crippen LogP contribution in [0.2, 0.25) is 0 Å². The molecule has 0 radical (unpaired) electrons. The minimum Gasteiger partial charge on any atom is -0.549 e. The molecule has 2 fully saturated rings. The Hall–Kier alpha value is 1.81. The Kier molecular flexibility index (Phi) is 9.61. The van der Waals surface area contributed by atoms with Crippen LogP contribution in [0.15, 0.2) is 0 Å². The molecular weight excluding hydrogens is 291 g/mol. The first kappa shape index (κ1) is 17.9. The molecule has 5 heteroatoms. The maximum atomic E-state index is 11.1. The number of carboxylic acids is 1. The third-order valence-corrected chi connectivity index (χ3v) is 6.93. The van der Waals surface area contributed by atoms with Gasteiger partial charge in [0.15, 0.2) is 0 Å². The Morgan fingerprint density at radius 2 is 1.56 bits per heavy atom. The molecule has 0 aromatic heterocycles. The summed E-state index contributed by atoms with van der Waals surface area (Å²) in [6.07, 6.45) is 10.1. The van der Waals surface area contributed by atoms with Crippen molar-refractivity contribution in [1.29, 1.82) is 0 Å². The summed E-state index contributed by atoms with van der Waals surface area (Å²) in [6, 6.07) is 0. The molecule has 0 heterocycles. The minimum atomic E-state index is -0.854. The van der Waals surface area contributed by atoms with E-state index in [4.69, 9.17) is 0 Å². The fraction of sp³-hybridized carbons (Fsp3) is 0.923. The van der Waals surface area contributed by atoms with Gasteiger partial charge in [-0.15, -0.1) is 11.8 Å². The fourth-order valence-corrected chi connectivity index (χ4v) is 5.68. The summed E-state index contributed by atoms with van der Waals surface area (Å²) >= 11 is 3.52. The van der Waals surface area contributed by atoms with Gasteiger partial charge < -0.3 is 9.90 Å². The van der Waals surface area contributed by atoms with Gasteiger partial charge in [0.05, 0.1) is 11.2 Å². The number of carbonyl (C=O) groups is 1. The van der Waals surface area contributed by atoms with Crippen LogP contribution in [0, 0.1) is 0 Å². The van der Waals surface area contributed by atoms with Gasteiger partial charge in [0.1, 0.15) is 0 Å². The SMILES string of the molecule is O=C([O-])C(CSC1CCCC1)SC1CCCC1.[K+]. The molecule has 0 bridgehead atoms. The topological polar surface area (TPSA) is 40.1 Å². The van der Waals surface area contributed by atoms with Crippen LogP contribution in [0.3, 0.4) is 0 Å². The number of aliphatic carboxylic acids is 1. The molecule has 98 valence electrons. The van der Waals surface area contributed by atoms with Gasteiger partial charge in [0, 0.05) is 16.3 Å². The summed E-state index contributed by atoms with van der Waals surface area (Å²) in [6.45, 7) is 0.